The summed E-state index contributed by atoms with van der Waals surface area (Å²) in [4.78, 5) is 10.1. The molecule has 0 aliphatic heterocycles. The SMILES string of the molecule is CCN(CC)c1cc(-c2cccc(C(F)(F)F)c2)nc(C#N)n1. The molecule has 0 saturated carbocycles. The van der Waals surface area contributed by atoms with Gasteiger partial charge in [0.05, 0.1) is 11.3 Å². The lowest BCUT2D eigenvalue weighted by molar-refractivity contribution is -0.137. The lowest BCUT2D eigenvalue weighted by Gasteiger charge is -2.20. The van der Waals surface area contributed by atoms with E-state index in [0.717, 1.165) is 12.1 Å². The minimum atomic E-state index is -4.43. The monoisotopic (exact) mass is 320 g/mol. The highest BCUT2D eigenvalue weighted by atomic mass is 19.4. The topological polar surface area (TPSA) is 52.8 Å². The van der Waals surface area contributed by atoms with Crippen molar-refractivity contribution in [2.24, 2.45) is 0 Å². The molecule has 120 valence electrons. The Bertz CT molecular complexity index is 731. The number of aromatic nitrogens is 2. The van der Waals surface area contributed by atoms with Crippen LogP contribution in [0.2, 0.25) is 0 Å². The quantitative estimate of drug-likeness (QED) is 0.858. The Morgan fingerprint density at radius 3 is 2.39 bits per heavy atom. The molecular weight excluding hydrogens is 305 g/mol. The molecule has 2 rings (SSSR count). The predicted octanol–water partition coefficient (Wildman–Crippen LogP) is 3.88. The Labute approximate surface area is 132 Å². The van der Waals surface area contributed by atoms with Gasteiger partial charge in [-0.05, 0) is 26.0 Å². The van der Waals surface area contributed by atoms with Gasteiger partial charge < -0.3 is 4.90 Å². The maximum atomic E-state index is 12.9. The Morgan fingerprint density at radius 2 is 1.83 bits per heavy atom. The molecule has 0 aliphatic carbocycles. The Morgan fingerprint density at radius 1 is 1.13 bits per heavy atom. The molecule has 0 amide bonds. The van der Waals surface area contributed by atoms with Crippen LogP contribution in [0.25, 0.3) is 11.3 Å². The first-order valence-corrected chi connectivity index (χ1v) is 7.10. The van der Waals surface area contributed by atoms with Crippen LogP contribution in [0.5, 0.6) is 0 Å². The molecule has 23 heavy (non-hydrogen) atoms. The van der Waals surface area contributed by atoms with Crippen LogP contribution in [0.3, 0.4) is 0 Å². The second kappa shape index (κ2) is 6.65. The van der Waals surface area contributed by atoms with Crippen molar-refractivity contribution >= 4 is 5.82 Å². The molecule has 2 aromatic rings. The molecule has 0 radical (unpaired) electrons. The van der Waals surface area contributed by atoms with Gasteiger partial charge in [0.1, 0.15) is 11.9 Å². The van der Waals surface area contributed by atoms with E-state index in [4.69, 9.17) is 5.26 Å². The molecule has 0 unspecified atom stereocenters. The van der Waals surface area contributed by atoms with Crippen molar-refractivity contribution in [3.05, 3.63) is 41.7 Å². The zero-order valence-electron chi connectivity index (χ0n) is 12.7. The van der Waals surface area contributed by atoms with E-state index in [1.54, 1.807) is 6.07 Å². The van der Waals surface area contributed by atoms with Crippen molar-refractivity contribution in [2.45, 2.75) is 20.0 Å². The Kier molecular flexibility index (Phi) is 4.84. The van der Waals surface area contributed by atoms with Gasteiger partial charge in [0, 0.05) is 24.7 Å². The molecule has 0 fully saturated rings. The fourth-order valence-corrected chi connectivity index (χ4v) is 2.20. The van der Waals surface area contributed by atoms with Gasteiger partial charge >= 0.3 is 6.18 Å². The van der Waals surface area contributed by atoms with Crippen LogP contribution in [0.1, 0.15) is 25.2 Å². The van der Waals surface area contributed by atoms with Gasteiger partial charge in [0.25, 0.3) is 0 Å². The van der Waals surface area contributed by atoms with Crippen molar-refractivity contribution in [1.29, 1.82) is 5.26 Å². The summed E-state index contributed by atoms with van der Waals surface area (Å²) in [6.45, 7) is 5.20. The molecule has 4 nitrogen and oxygen atoms in total. The normalized spacial score (nSPS) is 11.1. The van der Waals surface area contributed by atoms with E-state index >= 15 is 0 Å². The molecule has 7 heteroatoms. The highest BCUT2D eigenvalue weighted by Gasteiger charge is 2.30. The average molecular weight is 320 g/mol. The third-order valence-electron chi connectivity index (χ3n) is 3.39. The van der Waals surface area contributed by atoms with E-state index in [1.807, 2.05) is 24.8 Å². The van der Waals surface area contributed by atoms with E-state index < -0.39 is 11.7 Å². The number of nitriles is 1. The van der Waals surface area contributed by atoms with Gasteiger partial charge in [-0.1, -0.05) is 12.1 Å². The number of rotatable bonds is 4. The maximum absolute atomic E-state index is 12.9. The third kappa shape index (κ3) is 3.77. The number of hydrogen-bond acceptors (Lipinski definition) is 4. The summed E-state index contributed by atoms with van der Waals surface area (Å²) in [6, 6.07) is 8.33. The van der Waals surface area contributed by atoms with Crippen molar-refractivity contribution in [3.8, 4) is 17.3 Å². The van der Waals surface area contributed by atoms with Crippen LogP contribution >= 0.6 is 0 Å². The molecule has 0 spiro atoms. The number of anilines is 1. The summed E-state index contributed by atoms with van der Waals surface area (Å²) in [6.07, 6.45) is -4.43. The molecule has 0 atom stereocenters. The van der Waals surface area contributed by atoms with Crippen molar-refractivity contribution in [1.82, 2.24) is 9.97 Å². The summed E-state index contributed by atoms with van der Waals surface area (Å²) >= 11 is 0. The number of nitrogens with zero attached hydrogens (tertiary/aromatic N) is 4. The Hall–Kier alpha value is -2.62. The third-order valence-corrected chi connectivity index (χ3v) is 3.39. The molecule has 1 aromatic heterocycles. The van der Waals surface area contributed by atoms with Crippen LogP contribution in [0.4, 0.5) is 19.0 Å². The lowest BCUT2D eigenvalue weighted by Crippen LogP contribution is -2.23. The number of benzene rings is 1. The first kappa shape index (κ1) is 16.7. The molecule has 1 aromatic carbocycles. The minimum Gasteiger partial charge on any atom is -0.357 e. The zero-order valence-corrected chi connectivity index (χ0v) is 12.7. The summed E-state index contributed by atoms with van der Waals surface area (Å²) in [5, 5.41) is 9.07. The highest BCUT2D eigenvalue weighted by molar-refractivity contribution is 5.64. The number of hydrogen-bond donors (Lipinski definition) is 0. The number of halogens is 3. The van der Waals surface area contributed by atoms with Gasteiger partial charge in [0.15, 0.2) is 0 Å². The van der Waals surface area contributed by atoms with E-state index in [1.165, 1.54) is 12.1 Å². The van der Waals surface area contributed by atoms with Crippen molar-refractivity contribution in [2.75, 3.05) is 18.0 Å². The largest absolute Gasteiger partial charge is 0.416 e. The minimum absolute atomic E-state index is 0.0678. The van der Waals surface area contributed by atoms with Crippen LogP contribution in [-0.4, -0.2) is 23.1 Å². The second-order valence-electron chi connectivity index (χ2n) is 4.80. The molecule has 0 aliphatic rings. The van der Waals surface area contributed by atoms with Crippen molar-refractivity contribution in [3.63, 3.8) is 0 Å². The molecule has 0 bridgehead atoms. The smallest absolute Gasteiger partial charge is 0.357 e. The second-order valence-corrected chi connectivity index (χ2v) is 4.80. The lowest BCUT2D eigenvalue weighted by atomic mass is 10.1. The van der Waals surface area contributed by atoms with E-state index in [-0.39, 0.29) is 5.82 Å². The maximum Gasteiger partial charge on any atom is 0.416 e. The standard InChI is InChI=1S/C16H15F3N4/c1-3-23(4-2)15-9-13(21-14(10-20)22-15)11-6-5-7-12(8-11)16(17,18)19/h5-9H,3-4H2,1-2H3. The summed E-state index contributed by atoms with van der Waals surface area (Å²) in [7, 11) is 0. The van der Waals surface area contributed by atoms with Gasteiger partial charge in [-0.15, -0.1) is 0 Å². The first-order valence-electron chi connectivity index (χ1n) is 7.10. The zero-order chi connectivity index (χ0) is 17.0. The summed E-state index contributed by atoms with van der Waals surface area (Å²) in [5.41, 5.74) is -0.159. The van der Waals surface area contributed by atoms with Gasteiger partial charge in [-0.2, -0.15) is 18.4 Å². The van der Waals surface area contributed by atoms with Crippen LogP contribution < -0.4 is 4.90 Å². The first-order chi connectivity index (χ1) is 10.9. The molecular formula is C16H15F3N4. The molecule has 0 saturated heterocycles. The summed E-state index contributed by atoms with van der Waals surface area (Å²) < 4.78 is 38.6. The fourth-order valence-electron chi connectivity index (χ4n) is 2.20. The Balaban J connectivity index is 2.55. The number of alkyl halides is 3. The molecule has 0 N–H and O–H groups in total. The fraction of sp³-hybridized carbons (Fsp3) is 0.312. The van der Waals surface area contributed by atoms with Crippen LogP contribution in [0, 0.1) is 11.3 Å². The van der Waals surface area contributed by atoms with E-state index in [0.29, 0.717) is 30.2 Å². The predicted molar refractivity (Wildman–Crippen MR) is 80.7 cm³/mol. The summed E-state index contributed by atoms with van der Waals surface area (Å²) in [5.74, 6) is 0.454. The van der Waals surface area contributed by atoms with Crippen LogP contribution in [0.15, 0.2) is 30.3 Å². The van der Waals surface area contributed by atoms with Gasteiger partial charge in [-0.3, -0.25) is 0 Å². The molecule has 1 heterocycles. The van der Waals surface area contributed by atoms with Gasteiger partial charge in [0.2, 0.25) is 5.82 Å². The van der Waals surface area contributed by atoms with E-state index in [2.05, 4.69) is 9.97 Å². The van der Waals surface area contributed by atoms with Crippen LogP contribution in [-0.2, 0) is 6.18 Å². The van der Waals surface area contributed by atoms with Gasteiger partial charge in [-0.25, -0.2) is 9.97 Å². The highest BCUT2D eigenvalue weighted by Crippen LogP contribution is 2.32. The van der Waals surface area contributed by atoms with E-state index in [9.17, 15) is 13.2 Å². The van der Waals surface area contributed by atoms with Crippen molar-refractivity contribution < 1.29 is 13.2 Å². The average Bonchev–Trinajstić information content (AvgIpc) is 2.55.